The fourth-order valence-corrected chi connectivity index (χ4v) is 2.26. The number of aryl methyl sites for hydroxylation is 2. The number of aromatic amines is 1. The molecule has 0 amide bonds. The molecule has 0 saturated heterocycles. The van der Waals surface area contributed by atoms with E-state index in [1.54, 1.807) is 6.33 Å². The quantitative estimate of drug-likeness (QED) is 0.593. The molecule has 0 fully saturated rings. The Morgan fingerprint density at radius 1 is 1.27 bits per heavy atom. The van der Waals surface area contributed by atoms with Gasteiger partial charge in [-0.25, -0.2) is 4.98 Å². The van der Waals surface area contributed by atoms with Crippen LogP contribution in [-0.2, 0) is 7.05 Å². The average Bonchev–Trinajstić information content (AvgIpc) is 2.78. The van der Waals surface area contributed by atoms with Crippen LogP contribution in [0.1, 0.15) is 11.3 Å². The summed E-state index contributed by atoms with van der Waals surface area (Å²) >= 11 is 0. The number of benzene rings is 1. The van der Waals surface area contributed by atoms with Gasteiger partial charge in [0, 0.05) is 18.1 Å². The van der Waals surface area contributed by atoms with E-state index < -0.39 is 0 Å². The SMILES string of the molecule is Cc1c(C)n(C)c2ccc3[nH]cnc3c12. The number of nitrogens with one attached hydrogen (secondary N) is 1. The minimum absolute atomic E-state index is 1.08. The fourth-order valence-electron chi connectivity index (χ4n) is 2.26. The molecule has 0 spiro atoms. The molecule has 0 atom stereocenters. The smallest absolute Gasteiger partial charge is 0.0979 e. The molecule has 3 nitrogen and oxygen atoms in total. The second-order valence-corrected chi connectivity index (χ2v) is 4.03. The fraction of sp³-hybridized carbons (Fsp3) is 0.250. The van der Waals surface area contributed by atoms with Crippen molar-refractivity contribution in [3.8, 4) is 0 Å². The Hall–Kier alpha value is -1.77. The summed E-state index contributed by atoms with van der Waals surface area (Å²) < 4.78 is 2.22. The van der Waals surface area contributed by atoms with Gasteiger partial charge in [-0.1, -0.05) is 0 Å². The van der Waals surface area contributed by atoms with E-state index in [-0.39, 0.29) is 0 Å². The first-order valence-electron chi connectivity index (χ1n) is 5.08. The highest BCUT2D eigenvalue weighted by atomic mass is 15.0. The standard InChI is InChI=1S/C12H13N3/c1-7-8(2)15(3)10-5-4-9-12(11(7)10)14-6-13-9/h4-6H,1-3H3,(H,13,14). The van der Waals surface area contributed by atoms with Crippen molar-refractivity contribution in [2.24, 2.45) is 7.05 Å². The van der Waals surface area contributed by atoms with Gasteiger partial charge in [-0.05, 0) is 31.5 Å². The summed E-state index contributed by atoms with van der Waals surface area (Å²) in [5, 5.41) is 1.27. The van der Waals surface area contributed by atoms with Crippen molar-refractivity contribution in [3.63, 3.8) is 0 Å². The summed E-state index contributed by atoms with van der Waals surface area (Å²) in [6, 6.07) is 4.24. The van der Waals surface area contributed by atoms with Crippen LogP contribution >= 0.6 is 0 Å². The third-order valence-electron chi connectivity index (χ3n) is 3.35. The summed E-state index contributed by atoms with van der Waals surface area (Å²) in [6.07, 6.45) is 1.76. The highest BCUT2D eigenvalue weighted by Gasteiger charge is 2.12. The average molecular weight is 199 g/mol. The monoisotopic (exact) mass is 199 g/mol. The maximum atomic E-state index is 4.39. The Bertz CT molecular complexity index is 658. The number of nitrogens with zero attached hydrogens (tertiary/aromatic N) is 2. The molecule has 0 aliphatic carbocycles. The Morgan fingerprint density at radius 2 is 2.07 bits per heavy atom. The van der Waals surface area contributed by atoms with E-state index in [0.29, 0.717) is 0 Å². The molecular weight excluding hydrogens is 186 g/mol. The van der Waals surface area contributed by atoms with Gasteiger partial charge in [-0.15, -0.1) is 0 Å². The zero-order valence-electron chi connectivity index (χ0n) is 9.13. The van der Waals surface area contributed by atoms with E-state index in [1.165, 1.54) is 22.2 Å². The molecule has 76 valence electrons. The molecule has 1 aromatic carbocycles. The van der Waals surface area contributed by atoms with Crippen LogP contribution in [0.4, 0.5) is 0 Å². The lowest BCUT2D eigenvalue weighted by molar-refractivity contribution is 0.910. The third-order valence-corrected chi connectivity index (χ3v) is 3.35. The number of aromatic nitrogens is 3. The molecule has 2 aromatic heterocycles. The molecule has 3 rings (SSSR count). The lowest BCUT2D eigenvalue weighted by Gasteiger charge is -1.97. The van der Waals surface area contributed by atoms with Gasteiger partial charge in [0.05, 0.1) is 22.9 Å². The van der Waals surface area contributed by atoms with Gasteiger partial charge in [0.2, 0.25) is 0 Å². The van der Waals surface area contributed by atoms with Crippen LogP contribution in [0.5, 0.6) is 0 Å². The molecule has 0 unspecified atom stereocenters. The van der Waals surface area contributed by atoms with Gasteiger partial charge in [-0.2, -0.15) is 0 Å². The Labute approximate surface area is 87.7 Å². The largest absolute Gasteiger partial charge is 0.348 e. The second kappa shape index (κ2) is 2.63. The molecular formula is C12H13N3. The van der Waals surface area contributed by atoms with E-state index in [1.807, 2.05) is 0 Å². The molecule has 0 aliphatic rings. The van der Waals surface area contributed by atoms with Crippen LogP contribution < -0.4 is 0 Å². The topological polar surface area (TPSA) is 33.6 Å². The summed E-state index contributed by atoms with van der Waals surface area (Å²) in [4.78, 5) is 7.54. The van der Waals surface area contributed by atoms with Crippen LogP contribution in [0, 0.1) is 13.8 Å². The van der Waals surface area contributed by atoms with Crippen molar-refractivity contribution in [2.75, 3.05) is 0 Å². The van der Waals surface area contributed by atoms with Crippen molar-refractivity contribution >= 4 is 21.9 Å². The zero-order valence-corrected chi connectivity index (χ0v) is 9.13. The molecule has 3 aromatic rings. The van der Waals surface area contributed by atoms with Crippen molar-refractivity contribution in [2.45, 2.75) is 13.8 Å². The van der Waals surface area contributed by atoms with Crippen molar-refractivity contribution < 1.29 is 0 Å². The highest BCUT2D eigenvalue weighted by Crippen LogP contribution is 2.29. The van der Waals surface area contributed by atoms with Crippen LogP contribution in [-0.4, -0.2) is 14.5 Å². The van der Waals surface area contributed by atoms with E-state index in [4.69, 9.17) is 0 Å². The number of rotatable bonds is 0. The lowest BCUT2D eigenvalue weighted by Crippen LogP contribution is -1.89. The second-order valence-electron chi connectivity index (χ2n) is 4.03. The van der Waals surface area contributed by atoms with Crippen LogP contribution in [0.15, 0.2) is 18.5 Å². The first kappa shape index (κ1) is 8.53. The van der Waals surface area contributed by atoms with Gasteiger partial charge in [0.1, 0.15) is 0 Å². The van der Waals surface area contributed by atoms with Crippen LogP contribution in [0.3, 0.4) is 0 Å². The molecule has 2 heterocycles. The molecule has 1 N–H and O–H groups in total. The lowest BCUT2D eigenvalue weighted by atomic mass is 10.1. The predicted molar refractivity (Wildman–Crippen MR) is 62.0 cm³/mol. The Kier molecular flexibility index (Phi) is 1.49. The summed E-state index contributed by atoms with van der Waals surface area (Å²) in [5.41, 5.74) is 6.07. The number of H-pyrrole nitrogens is 1. The highest BCUT2D eigenvalue weighted by molar-refractivity contribution is 6.05. The van der Waals surface area contributed by atoms with E-state index >= 15 is 0 Å². The minimum atomic E-state index is 1.08. The number of fused-ring (bicyclic) bond motifs is 3. The number of hydrogen-bond donors (Lipinski definition) is 1. The Balaban J connectivity index is 2.68. The predicted octanol–water partition coefficient (Wildman–Crippen LogP) is 2.67. The van der Waals surface area contributed by atoms with E-state index in [2.05, 4.69) is 47.6 Å². The molecule has 0 radical (unpaired) electrons. The maximum absolute atomic E-state index is 4.39. The molecule has 0 bridgehead atoms. The first-order valence-corrected chi connectivity index (χ1v) is 5.08. The van der Waals surface area contributed by atoms with Gasteiger partial charge in [0.15, 0.2) is 0 Å². The molecule has 0 saturated carbocycles. The van der Waals surface area contributed by atoms with Crippen molar-refractivity contribution in [1.29, 1.82) is 0 Å². The van der Waals surface area contributed by atoms with Gasteiger partial charge in [0.25, 0.3) is 0 Å². The number of hydrogen-bond acceptors (Lipinski definition) is 1. The van der Waals surface area contributed by atoms with E-state index in [9.17, 15) is 0 Å². The van der Waals surface area contributed by atoms with Crippen molar-refractivity contribution in [3.05, 3.63) is 29.7 Å². The molecule has 15 heavy (non-hydrogen) atoms. The normalized spacial score (nSPS) is 11.7. The van der Waals surface area contributed by atoms with Gasteiger partial charge < -0.3 is 9.55 Å². The Morgan fingerprint density at radius 3 is 2.87 bits per heavy atom. The summed E-state index contributed by atoms with van der Waals surface area (Å²) in [5.74, 6) is 0. The van der Waals surface area contributed by atoms with E-state index in [0.717, 1.165) is 11.0 Å². The van der Waals surface area contributed by atoms with Gasteiger partial charge in [-0.3, -0.25) is 0 Å². The number of imidazole rings is 1. The maximum Gasteiger partial charge on any atom is 0.0979 e. The van der Waals surface area contributed by atoms with Crippen LogP contribution in [0.25, 0.3) is 21.9 Å². The zero-order chi connectivity index (χ0) is 10.6. The summed E-state index contributed by atoms with van der Waals surface area (Å²) in [6.45, 7) is 4.31. The van der Waals surface area contributed by atoms with Gasteiger partial charge >= 0.3 is 0 Å². The summed E-state index contributed by atoms with van der Waals surface area (Å²) in [7, 11) is 2.10. The van der Waals surface area contributed by atoms with Crippen molar-refractivity contribution in [1.82, 2.24) is 14.5 Å². The minimum Gasteiger partial charge on any atom is -0.348 e. The first-order chi connectivity index (χ1) is 7.20. The molecule has 3 heteroatoms. The van der Waals surface area contributed by atoms with Crippen LogP contribution in [0.2, 0.25) is 0 Å². The third kappa shape index (κ3) is 0.923. The molecule has 0 aliphatic heterocycles.